The van der Waals surface area contributed by atoms with Crippen molar-refractivity contribution in [1.29, 1.82) is 0 Å². The van der Waals surface area contributed by atoms with Crippen LogP contribution in [0.15, 0.2) is 89.8 Å². The van der Waals surface area contributed by atoms with E-state index in [9.17, 15) is 9.59 Å². The van der Waals surface area contributed by atoms with Gasteiger partial charge in [-0.1, -0.05) is 47.5 Å². The van der Waals surface area contributed by atoms with Gasteiger partial charge in [-0.05, 0) is 65.7 Å². The summed E-state index contributed by atoms with van der Waals surface area (Å²) in [5.74, 6) is 0.381. The Balaban J connectivity index is 1.50. The van der Waals surface area contributed by atoms with Crippen molar-refractivity contribution >= 4 is 52.3 Å². The van der Waals surface area contributed by atoms with Crippen LogP contribution in [0.1, 0.15) is 27.6 Å². The molecule has 4 heterocycles. The molecular weight excluding hydrogens is 574 g/mol. The van der Waals surface area contributed by atoms with Gasteiger partial charge in [0.15, 0.2) is 0 Å². The summed E-state index contributed by atoms with van der Waals surface area (Å²) in [5.41, 5.74) is 6.26. The van der Waals surface area contributed by atoms with Crippen molar-refractivity contribution in [3.05, 3.63) is 117 Å². The molecule has 3 aromatic heterocycles. The van der Waals surface area contributed by atoms with Gasteiger partial charge < -0.3 is 5.32 Å². The number of pyridine rings is 1. The largest absolute Gasteiger partial charge is 0.349 e. The average molecular weight is 600 g/mol. The van der Waals surface area contributed by atoms with E-state index >= 15 is 0 Å². The highest BCUT2D eigenvalue weighted by molar-refractivity contribution is 8.00. The number of nitrogens with one attached hydrogen (secondary N) is 1. The number of rotatable bonds is 7. The van der Waals surface area contributed by atoms with Crippen LogP contribution in [0.25, 0.3) is 16.9 Å². The van der Waals surface area contributed by atoms with E-state index in [1.54, 1.807) is 38.9 Å². The first-order chi connectivity index (χ1) is 20.0. The van der Waals surface area contributed by atoms with E-state index in [0.717, 1.165) is 39.3 Å². The number of hydrogen-bond donors (Lipinski definition) is 1. The fourth-order valence-electron chi connectivity index (χ4n) is 4.78. The predicted molar refractivity (Wildman–Crippen MR) is 166 cm³/mol. The van der Waals surface area contributed by atoms with Crippen LogP contribution in [0.2, 0.25) is 5.02 Å². The summed E-state index contributed by atoms with van der Waals surface area (Å²) in [5, 5.41) is 12.6. The molecule has 0 bridgehead atoms. The Labute approximate surface area is 251 Å². The first kappa shape index (κ1) is 27.3. The third-order valence-corrected chi connectivity index (χ3v) is 9.03. The summed E-state index contributed by atoms with van der Waals surface area (Å²) in [4.78, 5) is 32.9. The summed E-state index contributed by atoms with van der Waals surface area (Å²) < 4.78 is 1.80. The van der Waals surface area contributed by atoms with E-state index in [1.165, 1.54) is 0 Å². The maximum Gasteiger partial charge on any atom is 0.240 e. The minimum atomic E-state index is -0.279. The van der Waals surface area contributed by atoms with Crippen molar-refractivity contribution < 1.29 is 9.59 Å². The van der Waals surface area contributed by atoms with Crippen molar-refractivity contribution in [2.24, 2.45) is 0 Å². The first-order valence-corrected chi connectivity index (χ1v) is 15.4. The zero-order valence-corrected chi connectivity index (χ0v) is 24.5. The number of hydrogen-bond acceptors (Lipinski definition) is 6. The molecule has 206 valence electrons. The van der Waals surface area contributed by atoms with Crippen LogP contribution in [-0.4, -0.2) is 38.9 Å². The number of fused-ring (bicyclic) bond motifs is 1. The van der Waals surface area contributed by atoms with Crippen LogP contribution >= 0.6 is 34.7 Å². The number of anilines is 1. The van der Waals surface area contributed by atoms with Crippen LogP contribution in [0.3, 0.4) is 0 Å². The summed E-state index contributed by atoms with van der Waals surface area (Å²) in [6.45, 7) is 2.15. The Morgan fingerprint density at radius 1 is 1.07 bits per heavy atom. The van der Waals surface area contributed by atoms with Gasteiger partial charge in [0.05, 0.1) is 34.6 Å². The molecule has 5 aromatic rings. The van der Waals surface area contributed by atoms with Crippen LogP contribution in [0, 0.1) is 6.92 Å². The number of amides is 2. The molecule has 2 aromatic carbocycles. The zero-order valence-electron chi connectivity index (χ0n) is 22.2. The Morgan fingerprint density at radius 3 is 2.59 bits per heavy atom. The van der Waals surface area contributed by atoms with E-state index in [2.05, 4.69) is 21.7 Å². The number of thiophene rings is 1. The van der Waals surface area contributed by atoms with Gasteiger partial charge in [0.2, 0.25) is 11.8 Å². The standard InChI is InChI=1S/C31H26ClN5O2S2/c1-20-5-11-25(12-6-20)37-31-28(29(35-37)21-7-9-23(32)10-8-21)30(22-13-15-40-18-22)41-19-27(39)36(31)17-26(38)34-16-24-4-2-3-14-33-24/h2-15,18,30H,16-17,19H2,1H3,(H,34,38)/t30-/m1/s1. The molecule has 0 saturated carbocycles. The maximum absolute atomic E-state index is 13.8. The summed E-state index contributed by atoms with van der Waals surface area (Å²) in [7, 11) is 0. The van der Waals surface area contributed by atoms with E-state index < -0.39 is 0 Å². The van der Waals surface area contributed by atoms with Gasteiger partial charge in [-0.2, -0.15) is 16.4 Å². The second-order valence-corrected chi connectivity index (χ2v) is 12.0. The SMILES string of the molecule is Cc1ccc(-n2nc(-c3ccc(Cl)cc3)c3c2N(CC(=O)NCc2ccccn2)C(=O)CS[C@@H]3c2ccsc2)cc1. The quantitative estimate of drug-likeness (QED) is 0.233. The molecule has 0 fully saturated rings. The molecule has 0 aliphatic carbocycles. The Hall–Kier alpha value is -3.92. The number of nitrogens with zero attached hydrogens (tertiary/aromatic N) is 4. The molecule has 41 heavy (non-hydrogen) atoms. The number of benzene rings is 2. The Kier molecular flexibility index (Phi) is 7.91. The number of aryl methyl sites for hydroxylation is 1. The Morgan fingerprint density at radius 2 is 1.88 bits per heavy atom. The molecule has 2 amide bonds. The van der Waals surface area contributed by atoms with E-state index in [1.807, 2.05) is 79.0 Å². The lowest BCUT2D eigenvalue weighted by atomic mass is 10.0. The van der Waals surface area contributed by atoms with Crippen molar-refractivity contribution in [3.8, 4) is 16.9 Å². The first-order valence-electron chi connectivity index (χ1n) is 13.0. The zero-order chi connectivity index (χ0) is 28.3. The lowest BCUT2D eigenvalue weighted by Gasteiger charge is -2.23. The molecule has 1 atom stereocenters. The normalized spacial score (nSPS) is 14.9. The summed E-state index contributed by atoms with van der Waals surface area (Å²) >= 11 is 9.40. The van der Waals surface area contributed by atoms with Crippen molar-refractivity contribution in [3.63, 3.8) is 0 Å². The minimum absolute atomic E-state index is 0.146. The van der Waals surface area contributed by atoms with Gasteiger partial charge in [0.1, 0.15) is 12.4 Å². The lowest BCUT2D eigenvalue weighted by molar-refractivity contribution is -0.123. The highest BCUT2D eigenvalue weighted by Gasteiger charge is 2.37. The molecule has 1 N–H and O–H groups in total. The van der Waals surface area contributed by atoms with Crippen molar-refractivity contribution in [1.82, 2.24) is 20.1 Å². The molecule has 1 aliphatic rings. The molecule has 0 spiro atoms. The van der Waals surface area contributed by atoms with Gasteiger partial charge in [-0.15, -0.1) is 11.8 Å². The van der Waals surface area contributed by atoms with Crippen LogP contribution in [0.4, 0.5) is 5.82 Å². The second-order valence-electron chi connectivity index (χ2n) is 9.67. The van der Waals surface area contributed by atoms with Crippen LogP contribution in [-0.2, 0) is 16.1 Å². The molecule has 0 saturated heterocycles. The summed E-state index contributed by atoms with van der Waals surface area (Å²) in [6, 6.07) is 23.2. The topological polar surface area (TPSA) is 80.1 Å². The molecule has 0 radical (unpaired) electrons. The third kappa shape index (κ3) is 5.79. The Bertz CT molecular complexity index is 1670. The third-order valence-electron chi connectivity index (χ3n) is 6.83. The molecular formula is C31H26ClN5O2S2. The van der Waals surface area contributed by atoms with Gasteiger partial charge >= 0.3 is 0 Å². The summed E-state index contributed by atoms with van der Waals surface area (Å²) in [6.07, 6.45) is 1.69. The maximum atomic E-state index is 13.8. The van der Waals surface area contributed by atoms with Gasteiger partial charge in [-0.25, -0.2) is 4.68 Å². The van der Waals surface area contributed by atoms with Crippen LogP contribution in [0.5, 0.6) is 0 Å². The van der Waals surface area contributed by atoms with Crippen molar-refractivity contribution in [2.45, 2.75) is 18.7 Å². The fourth-order valence-corrected chi connectivity index (χ4v) is 6.87. The number of carbonyl (C=O) groups is 2. The number of thioether (sulfide) groups is 1. The predicted octanol–water partition coefficient (Wildman–Crippen LogP) is 6.44. The average Bonchev–Trinajstić information content (AvgIpc) is 3.63. The molecule has 10 heteroatoms. The van der Waals surface area contributed by atoms with Gasteiger partial charge in [0, 0.05) is 22.3 Å². The highest BCUT2D eigenvalue weighted by atomic mass is 35.5. The smallest absolute Gasteiger partial charge is 0.240 e. The van der Waals surface area contributed by atoms with Crippen molar-refractivity contribution in [2.75, 3.05) is 17.2 Å². The molecule has 6 rings (SSSR count). The second kappa shape index (κ2) is 11.9. The van der Waals surface area contributed by atoms with Crippen LogP contribution < -0.4 is 10.2 Å². The monoisotopic (exact) mass is 599 g/mol. The molecule has 1 aliphatic heterocycles. The van der Waals surface area contributed by atoms with Gasteiger partial charge in [-0.3, -0.25) is 19.5 Å². The van der Waals surface area contributed by atoms with E-state index in [4.69, 9.17) is 16.7 Å². The van der Waals surface area contributed by atoms with E-state index in [-0.39, 0.29) is 35.9 Å². The fraction of sp³-hybridized carbons (Fsp3) is 0.161. The lowest BCUT2D eigenvalue weighted by Crippen LogP contribution is -2.42. The highest BCUT2D eigenvalue weighted by Crippen LogP contribution is 2.49. The molecule has 7 nitrogen and oxygen atoms in total. The van der Waals surface area contributed by atoms with Gasteiger partial charge in [0.25, 0.3) is 0 Å². The van der Waals surface area contributed by atoms with E-state index in [0.29, 0.717) is 10.8 Å². The number of carbonyl (C=O) groups excluding carboxylic acids is 2. The number of halogens is 1. The number of aromatic nitrogens is 3. The molecule has 0 unspecified atom stereocenters. The minimum Gasteiger partial charge on any atom is -0.349 e.